The third kappa shape index (κ3) is 1.55. The Kier molecular flexibility index (Phi) is 2.56. The number of carbonyl (C=O) groups is 1. The van der Waals surface area contributed by atoms with Crippen LogP contribution in [0, 0.1) is 0 Å². The highest BCUT2D eigenvalue weighted by Gasteiger charge is 2.26. The molecule has 0 saturated carbocycles. The van der Waals surface area contributed by atoms with Crippen LogP contribution in [0.5, 0.6) is 0 Å². The van der Waals surface area contributed by atoms with Crippen molar-refractivity contribution in [3.8, 4) is 0 Å². The first-order valence-corrected chi connectivity index (χ1v) is 5.20. The summed E-state index contributed by atoms with van der Waals surface area (Å²) < 4.78 is 0.981. The number of β-amino-alcohol motifs (C(OH)–C–C–N with tert-alkyl or cyclic N) is 1. The summed E-state index contributed by atoms with van der Waals surface area (Å²) in [7, 11) is 0. The normalized spacial score (nSPS) is 14.7. The Morgan fingerprint density at radius 2 is 2.29 bits per heavy atom. The van der Waals surface area contributed by atoms with Crippen LogP contribution in [0.4, 0.5) is 0 Å². The maximum absolute atomic E-state index is 11.7. The lowest BCUT2D eigenvalue weighted by molar-refractivity contribution is 0.0745. The monoisotopic (exact) mass is 255 g/mol. The number of amides is 1. The van der Waals surface area contributed by atoms with Gasteiger partial charge in [0.25, 0.3) is 5.91 Å². The van der Waals surface area contributed by atoms with Crippen molar-refractivity contribution < 1.29 is 9.90 Å². The van der Waals surface area contributed by atoms with Crippen LogP contribution in [0.25, 0.3) is 0 Å². The zero-order chi connectivity index (χ0) is 10.1. The van der Waals surface area contributed by atoms with E-state index < -0.39 is 0 Å². The fourth-order valence-electron chi connectivity index (χ4n) is 1.65. The van der Waals surface area contributed by atoms with Gasteiger partial charge in [-0.15, -0.1) is 0 Å². The highest BCUT2D eigenvalue weighted by Crippen LogP contribution is 2.25. The van der Waals surface area contributed by atoms with Crippen LogP contribution in [-0.4, -0.2) is 29.1 Å². The molecule has 74 valence electrons. The van der Waals surface area contributed by atoms with Gasteiger partial charge >= 0.3 is 0 Å². The number of nitrogens with zero attached hydrogens (tertiary/aromatic N) is 1. The quantitative estimate of drug-likeness (QED) is 0.868. The van der Waals surface area contributed by atoms with Gasteiger partial charge in [-0.05, 0) is 23.8 Å². The van der Waals surface area contributed by atoms with Gasteiger partial charge in [0.15, 0.2) is 0 Å². The van der Waals surface area contributed by atoms with E-state index in [4.69, 9.17) is 5.11 Å². The molecule has 0 aromatic heterocycles. The summed E-state index contributed by atoms with van der Waals surface area (Å²) in [4.78, 5) is 13.3. The fourth-order valence-corrected chi connectivity index (χ4v) is 2.06. The van der Waals surface area contributed by atoms with Gasteiger partial charge in [0.05, 0.1) is 6.61 Å². The zero-order valence-electron chi connectivity index (χ0n) is 7.53. The van der Waals surface area contributed by atoms with E-state index in [-0.39, 0.29) is 12.5 Å². The van der Waals surface area contributed by atoms with Gasteiger partial charge in [0.2, 0.25) is 0 Å². The Balaban J connectivity index is 2.31. The fraction of sp³-hybridized carbons (Fsp3) is 0.300. The molecule has 1 heterocycles. The second kappa shape index (κ2) is 3.71. The number of benzene rings is 1. The van der Waals surface area contributed by atoms with E-state index in [1.54, 1.807) is 4.90 Å². The lowest BCUT2D eigenvalue weighted by atomic mass is 10.1. The number of hydrogen-bond donors (Lipinski definition) is 1. The number of halogens is 1. The molecule has 0 unspecified atom stereocenters. The molecular weight excluding hydrogens is 246 g/mol. The molecule has 1 aromatic carbocycles. The maximum atomic E-state index is 11.7. The van der Waals surface area contributed by atoms with Gasteiger partial charge < -0.3 is 10.0 Å². The summed E-state index contributed by atoms with van der Waals surface area (Å²) in [6.07, 6.45) is 0. The average Bonchev–Trinajstić information content (AvgIpc) is 2.44. The second-order valence-corrected chi connectivity index (χ2v) is 4.17. The highest BCUT2D eigenvalue weighted by molar-refractivity contribution is 9.10. The summed E-state index contributed by atoms with van der Waals surface area (Å²) in [5.41, 5.74) is 1.78. The van der Waals surface area contributed by atoms with Crippen LogP contribution in [0.3, 0.4) is 0 Å². The lowest BCUT2D eigenvalue weighted by Crippen LogP contribution is -2.26. The molecule has 4 heteroatoms. The van der Waals surface area contributed by atoms with E-state index in [2.05, 4.69) is 15.9 Å². The molecule has 0 saturated heterocycles. The number of aliphatic hydroxyl groups excluding tert-OH is 1. The van der Waals surface area contributed by atoms with E-state index in [1.807, 2.05) is 18.2 Å². The van der Waals surface area contributed by atoms with Gasteiger partial charge in [0.1, 0.15) is 0 Å². The topological polar surface area (TPSA) is 40.5 Å². The minimum atomic E-state index is 0.0148. The third-order valence-corrected chi connectivity index (χ3v) is 2.81. The molecular formula is C10H10BrNO2. The lowest BCUT2D eigenvalue weighted by Gasteiger charge is -2.12. The molecule has 1 amide bonds. The summed E-state index contributed by atoms with van der Waals surface area (Å²) in [5.74, 6) is 0.0153. The van der Waals surface area contributed by atoms with Crippen LogP contribution in [0.1, 0.15) is 15.9 Å². The van der Waals surface area contributed by atoms with E-state index >= 15 is 0 Å². The Hall–Kier alpha value is -0.870. The van der Waals surface area contributed by atoms with Gasteiger partial charge in [-0.1, -0.05) is 15.9 Å². The largest absolute Gasteiger partial charge is 0.395 e. The van der Waals surface area contributed by atoms with E-state index in [1.165, 1.54) is 0 Å². The molecule has 0 bridgehead atoms. The molecule has 1 N–H and O–H groups in total. The molecule has 0 aliphatic carbocycles. The van der Waals surface area contributed by atoms with Gasteiger partial charge in [0, 0.05) is 23.1 Å². The molecule has 0 fully saturated rings. The van der Waals surface area contributed by atoms with Gasteiger partial charge in [-0.2, -0.15) is 0 Å². The number of rotatable bonds is 2. The Bertz CT molecular complexity index is 378. The molecule has 1 aromatic rings. The summed E-state index contributed by atoms with van der Waals surface area (Å²) >= 11 is 3.36. The molecule has 0 radical (unpaired) electrons. The predicted molar refractivity (Wildman–Crippen MR) is 56.0 cm³/mol. The average molecular weight is 256 g/mol. The van der Waals surface area contributed by atoms with Crippen molar-refractivity contribution in [1.82, 2.24) is 4.90 Å². The van der Waals surface area contributed by atoms with E-state index in [9.17, 15) is 4.79 Å². The Morgan fingerprint density at radius 1 is 1.50 bits per heavy atom. The van der Waals surface area contributed by atoms with Crippen molar-refractivity contribution in [3.63, 3.8) is 0 Å². The molecule has 2 rings (SSSR count). The van der Waals surface area contributed by atoms with Gasteiger partial charge in [-0.25, -0.2) is 0 Å². The summed E-state index contributed by atoms with van der Waals surface area (Å²) in [6.45, 7) is 1.03. The number of fused-ring (bicyclic) bond motifs is 1. The standard InChI is InChI=1S/C10H10BrNO2/c11-8-1-2-9-7(5-8)6-12(3-4-13)10(9)14/h1-2,5,13H,3-4,6H2. The van der Waals surface area contributed by atoms with E-state index in [0.717, 1.165) is 15.6 Å². The predicted octanol–water partition coefficient (Wildman–Crippen LogP) is 1.40. The molecule has 14 heavy (non-hydrogen) atoms. The Labute approximate surface area is 90.5 Å². The summed E-state index contributed by atoms with van der Waals surface area (Å²) in [6, 6.07) is 5.63. The molecule has 3 nitrogen and oxygen atoms in total. The first-order chi connectivity index (χ1) is 6.72. The molecule has 0 atom stereocenters. The molecule has 0 spiro atoms. The smallest absolute Gasteiger partial charge is 0.254 e. The van der Waals surface area contributed by atoms with Crippen LogP contribution in [-0.2, 0) is 6.54 Å². The van der Waals surface area contributed by atoms with Gasteiger partial charge in [-0.3, -0.25) is 4.79 Å². The highest BCUT2D eigenvalue weighted by atomic mass is 79.9. The zero-order valence-corrected chi connectivity index (χ0v) is 9.12. The minimum absolute atomic E-state index is 0.0148. The van der Waals surface area contributed by atoms with Crippen LogP contribution < -0.4 is 0 Å². The van der Waals surface area contributed by atoms with Crippen molar-refractivity contribution in [2.45, 2.75) is 6.54 Å². The number of carbonyl (C=O) groups excluding carboxylic acids is 1. The van der Waals surface area contributed by atoms with Crippen LogP contribution >= 0.6 is 15.9 Å². The number of aliphatic hydroxyl groups is 1. The van der Waals surface area contributed by atoms with Crippen LogP contribution in [0.2, 0.25) is 0 Å². The molecule has 1 aliphatic rings. The van der Waals surface area contributed by atoms with Crippen molar-refractivity contribution in [2.24, 2.45) is 0 Å². The first kappa shape index (κ1) is 9.68. The van der Waals surface area contributed by atoms with Crippen molar-refractivity contribution in [2.75, 3.05) is 13.2 Å². The number of hydrogen-bond acceptors (Lipinski definition) is 2. The van der Waals surface area contributed by atoms with Crippen molar-refractivity contribution in [3.05, 3.63) is 33.8 Å². The maximum Gasteiger partial charge on any atom is 0.254 e. The van der Waals surface area contributed by atoms with E-state index in [0.29, 0.717) is 13.1 Å². The first-order valence-electron chi connectivity index (χ1n) is 4.41. The van der Waals surface area contributed by atoms with Crippen molar-refractivity contribution >= 4 is 21.8 Å². The van der Waals surface area contributed by atoms with Crippen molar-refractivity contribution in [1.29, 1.82) is 0 Å². The Morgan fingerprint density at radius 3 is 3.00 bits per heavy atom. The third-order valence-electron chi connectivity index (χ3n) is 2.32. The SMILES string of the molecule is O=C1c2ccc(Br)cc2CN1CCO. The van der Waals surface area contributed by atoms with Crippen LogP contribution in [0.15, 0.2) is 22.7 Å². The second-order valence-electron chi connectivity index (χ2n) is 3.25. The molecule has 1 aliphatic heterocycles. The summed E-state index contributed by atoms with van der Waals surface area (Å²) in [5, 5.41) is 8.77. The minimum Gasteiger partial charge on any atom is -0.395 e.